The van der Waals surface area contributed by atoms with E-state index in [0.29, 0.717) is 5.75 Å². The molecular formula is C13H17F2NO3. The second-order valence-electron chi connectivity index (χ2n) is 4.18. The van der Waals surface area contributed by atoms with Crippen LogP contribution in [0.1, 0.15) is 17.3 Å². The maximum atomic E-state index is 12.5. The molecule has 0 unspecified atom stereocenters. The number of rotatable bonds is 6. The fourth-order valence-corrected chi connectivity index (χ4v) is 1.66. The molecule has 0 aromatic heterocycles. The monoisotopic (exact) mass is 273 g/mol. The predicted molar refractivity (Wildman–Crippen MR) is 66.6 cm³/mol. The van der Waals surface area contributed by atoms with Gasteiger partial charge >= 0.3 is 0 Å². The van der Waals surface area contributed by atoms with Crippen molar-refractivity contribution >= 4 is 5.91 Å². The number of hydrogen-bond acceptors (Lipinski definition) is 3. The van der Waals surface area contributed by atoms with Crippen molar-refractivity contribution in [3.8, 4) is 5.75 Å². The summed E-state index contributed by atoms with van der Waals surface area (Å²) in [5.74, 6) is -0.0833. The fraction of sp³-hybridized carbons (Fsp3) is 0.462. The van der Waals surface area contributed by atoms with Gasteiger partial charge in [0, 0.05) is 12.1 Å². The lowest BCUT2D eigenvalue weighted by atomic mass is 10.1. The maximum Gasteiger partial charge on any atom is 0.255 e. The lowest BCUT2D eigenvalue weighted by Gasteiger charge is -2.23. The fourth-order valence-electron chi connectivity index (χ4n) is 1.66. The number of nitrogens with zero attached hydrogens (tertiary/aromatic N) is 1. The van der Waals surface area contributed by atoms with Crippen molar-refractivity contribution in [3.05, 3.63) is 29.8 Å². The van der Waals surface area contributed by atoms with E-state index in [1.54, 1.807) is 12.1 Å². The highest BCUT2D eigenvalue weighted by Crippen LogP contribution is 2.15. The van der Waals surface area contributed by atoms with Crippen molar-refractivity contribution in [1.82, 2.24) is 4.90 Å². The van der Waals surface area contributed by atoms with Crippen LogP contribution >= 0.6 is 0 Å². The van der Waals surface area contributed by atoms with E-state index in [9.17, 15) is 18.7 Å². The first-order chi connectivity index (χ1) is 8.93. The molecule has 0 saturated heterocycles. The molecule has 0 fully saturated rings. The Kier molecular flexibility index (Phi) is 5.69. The minimum absolute atomic E-state index is 0.139. The van der Waals surface area contributed by atoms with E-state index in [0.717, 1.165) is 4.90 Å². The number of aliphatic hydroxyl groups excluding tert-OH is 1. The number of carbonyl (C=O) groups is 1. The first-order valence-electron chi connectivity index (χ1n) is 5.83. The van der Waals surface area contributed by atoms with Gasteiger partial charge in [-0.1, -0.05) is 6.07 Å². The van der Waals surface area contributed by atoms with Crippen molar-refractivity contribution in [1.29, 1.82) is 0 Å². The number of benzene rings is 1. The first-order valence-corrected chi connectivity index (χ1v) is 5.83. The number of amides is 1. The van der Waals surface area contributed by atoms with Gasteiger partial charge in [-0.25, -0.2) is 8.78 Å². The van der Waals surface area contributed by atoms with Crippen LogP contribution in [0.4, 0.5) is 8.78 Å². The van der Waals surface area contributed by atoms with E-state index in [1.807, 2.05) is 0 Å². The van der Waals surface area contributed by atoms with Crippen LogP contribution in [0.5, 0.6) is 5.75 Å². The zero-order valence-electron chi connectivity index (χ0n) is 10.8. The normalized spacial score (nSPS) is 12.3. The Morgan fingerprint density at radius 3 is 2.63 bits per heavy atom. The number of halogens is 2. The second kappa shape index (κ2) is 7.04. The third-order valence-electron chi connectivity index (χ3n) is 2.45. The van der Waals surface area contributed by atoms with Crippen LogP contribution < -0.4 is 4.74 Å². The van der Waals surface area contributed by atoms with Gasteiger partial charge < -0.3 is 14.7 Å². The van der Waals surface area contributed by atoms with Crippen molar-refractivity contribution in [2.75, 3.05) is 20.2 Å². The number of hydrogen-bond donors (Lipinski definition) is 1. The van der Waals surface area contributed by atoms with Gasteiger partial charge in [-0.05, 0) is 25.1 Å². The van der Waals surface area contributed by atoms with Gasteiger partial charge in [-0.3, -0.25) is 4.79 Å². The second-order valence-corrected chi connectivity index (χ2v) is 4.18. The summed E-state index contributed by atoms with van der Waals surface area (Å²) in [6.45, 7) is 0.596. The zero-order chi connectivity index (χ0) is 14.4. The van der Waals surface area contributed by atoms with Crippen molar-refractivity contribution in [2.24, 2.45) is 0 Å². The highest BCUT2D eigenvalue weighted by molar-refractivity contribution is 5.94. The molecule has 1 aromatic rings. The van der Waals surface area contributed by atoms with E-state index in [2.05, 4.69) is 0 Å². The number of aliphatic hydroxyl groups is 1. The maximum absolute atomic E-state index is 12.5. The largest absolute Gasteiger partial charge is 0.497 e. The molecule has 1 N–H and O–H groups in total. The molecular weight excluding hydrogens is 256 g/mol. The summed E-state index contributed by atoms with van der Waals surface area (Å²) in [6.07, 6.45) is -3.51. The highest BCUT2D eigenvalue weighted by Gasteiger charge is 2.21. The number of ether oxygens (including phenoxy) is 1. The molecule has 0 heterocycles. The minimum atomic E-state index is -2.65. The molecule has 1 atom stereocenters. The molecule has 0 radical (unpaired) electrons. The predicted octanol–water partition coefficient (Wildman–Crippen LogP) is 1.78. The third-order valence-corrected chi connectivity index (χ3v) is 2.45. The zero-order valence-corrected chi connectivity index (χ0v) is 10.8. The lowest BCUT2D eigenvalue weighted by Crippen LogP contribution is -2.39. The van der Waals surface area contributed by atoms with Crippen LogP contribution in [0.3, 0.4) is 0 Å². The van der Waals surface area contributed by atoms with Crippen molar-refractivity contribution in [3.63, 3.8) is 0 Å². The Labute approximate surface area is 110 Å². The van der Waals surface area contributed by atoms with Crippen LogP contribution in [0.25, 0.3) is 0 Å². The molecule has 4 nitrogen and oxygen atoms in total. The van der Waals surface area contributed by atoms with Crippen LogP contribution in [0.2, 0.25) is 0 Å². The van der Waals surface area contributed by atoms with Gasteiger partial charge in [0.05, 0.1) is 19.8 Å². The minimum Gasteiger partial charge on any atom is -0.497 e. The van der Waals surface area contributed by atoms with E-state index >= 15 is 0 Å². The standard InChI is InChI=1S/C13H17F2NO3/c1-9(17)7-16(8-12(14)15)13(18)10-4-3-5-11(6-10)19-2/h3-6,9,12,17H,7-8H2,1-2H3/t9-/m0/s1. The SMILES string of the molecule is COc1cccc(C(=O)N(CC(F)F)C[C@H](C)O)c1. The molecule has 6 heteroatoms. The average Bonchev–Trinajstić information content (AvgIpc) is 2.36. The summed E-state index contributed by atoms with van der Waals surface area (Å²) in [5.41, 5.74) is 0.251. The van der Waals surface area contributed by atoms with Crippen LogP contribution in [0.15, 0.2) is 24.3 Å². The summed E-state index contributed by atoms with van der Waals surface area (Å²) < 4.78 is 29.9. The smallest absolute Gasteiger partial charge is 0.255 e. The van der Waals surface area contributed by atoms with E-state index in [1.165, 1.54) is 26.2 Å². The van der Waals surface area contributed by atoms with Crippen LogP contribution in [-0.4, -0.2) is 48.6 Å². The quantitative estimate of drug-likeness (QED) is 0.859. The third kappa shape index (κ3) is 4.82. The summed E-state index contributed by atoms with van der Waals surface area (Å²) in [4.78, 5) is 13.0. The van der Waals surface area contributed by atoms with E-state index in [-0.39, 0.29) is 12.1 Å². The molecule has 19 heavy (non-hydrogen) atoms. The Bertz CT molecular complexity index is 414. The number of alkyl halides is 2. The van der Waals surface area contributed by atoms with Crippen molar-refractivity contribution in [2.45, 2.75) is 19.5 Å². The van der Waals surface area contributed by atoms with Gasteiger partial charge in [0.1, 0.15) is 5.75 Å². The summed E-state index contributed by atoms with van der Waals surface area (Å²) in [6, 6.07) is 6.26. The first kappa shape index (κ1) is 15.4. The molecule has 106 valence electrons. The molecule has 1 rings (SSSR count). The van der Waals surface area contributed by atoms with Gasteiger partial charge in [-0.15, -0.1) is 0 Å². The van der Waals surface area contributed by atoms with Crippen molar-refractivity contribution < 1.29 is 23.4 Å². The van der Waals surface area contributed by atoms with Gasteiger partial charge in [-0.2, -0.15) is 0 Å². The van der Waals surface area contributed by atoms with Gasteiger partial charge in [0.15, 0.2) is 0 Å². The molecule has 0 spiro atoms. The summed E-state index contributed by atoms with van der Waals surface area (Å²) in [7, 11) is 1.45. The molecule has 0 aliphatic carbocycles. The molecule has 0 aliphatic rings. The highest BCUT2D eigenvalue weighted by atomic mass is 19.3. The molecule has 1 aromatic carbocycles. The Balaban J connectivity index is 2.90. The molecule has 1 amide bonds. The molecule has 0 saturated carbocycles. The Hall–Kier alpha value is -1.69. The van der Waals surface area contributed by atoms with E-state index < -0.39 is 25.0 Å². The van der Waals surface area contributed by atoms with Gasteiger partial charge in [0.2, 0.25) is 0 Å². The number of carbonyl (C=O) groups excluding carboxylic acids is 1. The molecule has 0 aliphatic heterocycles. The van der Waals surface area contributed by atoms with Gasteiger partial charge in [0.25, 0.3) is 12.3 Å². The Morgan fingerprint density at radius 2 is 2.11 bits per heavy atom. The number of methoxy groups -OCH3 is 1. The Morgan fingerprint density at radius 1 is 1.42 bits per heavy atom. The lowest BCUT2D eigenvalue weighted by molar-refractivity contribution is 0.0420. The summed E-state index contributed by atoms with van der Waals surface area (Å²) in [5, 5.41) is 9.27. The topological polar surface area (TPSA) is 49.8 Å². The van der Waals surface area contributed by atoms with Crippen LogP contribution in [-0.2, 0) is 0 Å². The van der Waals surface area contributed by atoms with Crippen LogP contribution in [0, 0.1) is 0 Å². The summed E-state index contributed by atoms with van der Waals surface area (Å²) >= 11 is 0. The van der Waals surface area contributed by atoms with E-state index in [4.69, 9.17) is 4.74 Å². The average molecular weight is 273 g/mol. The molecule has 0 bridgehead atoms.